The summed E-state index contributed by atoms with van der Waals surface area (Å²) in [5.41, 5.74) is 4.31. The van der Waals surface area contributed by atoms with Gasteiger partial charge in [-0.05, 0) is 63.3 Å². The van der Waals surface area contributed by atoms with Crippen molar-refractivity contribution in [3.63, 3.8) is 0 Å². The van der Waals surface area contributed by atoms with E-state index in [2.05, 4.69) is 49.2 Å². The summed E-state index contributed by atoms with van der Waals surface area (Å²) >= 11 is 0. The van der Waals surface area contributed by atoms with E-state index in [4.69, 9.17) is 0 Å². The minimum atomic E-state index is 0.740. The Morgan fingerprint density at radius 2 is 1.84 bits per heavy atom. The van der Waals surface area contributed by atoms with Gasteiger partial charge in [-0.1, -0.05) is 19.1 Å². The van der Waals surface area contributed by atoms with Gasteiger partial charge in [-0.15, -0.1) is 0 Å². The summed E-state index contributed by atoms with van der Waals surface area (Å²) in [6, 6.07) is 9.14. The van der Waals surface area contributed by atoms with Crippen molar-refractivity contribution in [1.82, 2.24) is 5.32 Å². The Bertz CT molecular complexity index is 441. The molecule has 2 aliphatic rings. The molecule has 2 atom stereocenters. The Labute approximate surface area is 117 Å². The Morgan fingerprint density at radius 1 is 1.16 bits per heavy atom. The van der Waals surface area contributed by atoms with Gasteiger partial charge in [-0.2, -0.15) is 0 Å². The first-order valence-corrected chi connectivity index (χ1v) is 7.78. The first kappa shape index (κ1) is 13.0. The maximum Gasteiger partial charge on any atom is 0.0403 e. The molecule has 2 fully saturated rings. The van der Waals surface area contributed by atoms with E-state index >= 15 is 0 Å². The zero-order valence-electron chi connectivity index (χ0n) is 12.4. The Hall–Kier alpha value is -1.02. The normalized spacial score (nSPS) is 29.8. The predicted molar refractivity (Wildman–Crippen MR) is 81.9 cm³/mol. The van der Waals surface area contributed by atoms with Gasteiger partial charge in [0.25, 0.3) is 0 Å². The van der Waals surface area contributed by atoms with Crippen molar-refractivity contribution in [2.45, 2.75) is 64.6 Å². The summed E-state index contributed by atoms with van der Waals surface area (Å²) in [7, 11) is 0. The van der Waals surface area contributed by atoms with Crippen LogP contribution in [0.1, 0.15) is 43.7 Å². The van der Waals surface area contributed by atoms with Crippen molar-refractivity contribution >= 4 is 5.69 Å². The van der Waals surface area contributed by atoms with Gasteiger partial charge in [0, 0.05) is 23.8 Å². The molecule has 0 amide bonds. The lowest BCUT2D eigenvalue weighted by molar-refractivity contribution is 0.361. The lowest BCUT2D eigenvalue weighted by Gasteiger charge is -2.41. The molecule has 19 heavy (non-hydrogen) atoms. The minimum Gasteiger partial charge on any atom is -0.365 e. The standard InChI is InChI=1S/C17H26N2/c1-4-18-14-10-15-7-8-16(11-14)19(15)17-9-12(2)5-6-13(17)3/h5-6,9,14-16,18H,4,7-8,10-11H2,1-3H3. The zero-order valence-corrected chi connectivity index (χ0v) is 12.4. The second-order valence-corrected chi connectivity index (χ2v) is 6.31. The van der Waals surface area contributed by atoms with Gasteiger partial charge in [-0.3, -0.25) is 0 Å². The Kier molecular flexibility index (Phi) is 3.53. The third-order valence-electron chi connectivity index (χ3n) is 4.87. The first-order valence-electron chi connectivity index (χ1n) is 7.78. The summed E-state index contributed by atoms with van der Waals surface area (Å²) in [5, 5.41) is 3.66. The van der Waals surface area contributed by atoms with Gasteiger partial charge in [0.2, 0.25) is 0 Å². The number of piperidine rings is 1. The fraction of sp³-hybridized carbons (Fsp3) is 0.647. The van der Waals surface area contributed by atoms with Crippen molar-refractivity contribution < 1.29 is 0 Å². The molecule has 0 radical (unpaired) electrons. The molecule has 1 aromatic carbocycles. The van der Waals surface area contributed by atoms with Crippen LogP contribution in [-0.2, 0) is 0 Å². The quantitative estimate of drug-likeness (QED) is 0.894. The highest BCUT2D eigenvalue weighted by Gasteiger charge is 2.40. The summed E-state index contributed by atoms with van der Waals surface area (Å²) in [5.74, 6) is 0. The molecule has 2 nitrogen and oxygen atoms in total. The number of hydrogen-bond donors (Lipinski definition) is 1. The molecule has 2 saturated heterocycles. The van der Waals surface area contributed by atoms with Crippen molar-refractivity contribution in [2.75, 3.05) is 11.4 Å². The van der Waals surface area contributed by atoms with E-state index in [0.29, 0.717) is 0 Å². The number of aryl methyl sites for hydroxylation is 2. The average Bonchev–Trinajstić information content (AvgIpc) is 2.64. The molecule has 1 aromatic rings. The van der Waals surface area contributed by atoms with Crippen molar-refractivity contribution in [1.29, 1.82) is 0 Å². The van der Waals surface area contributed by atoms with E-state index in [1.807, 2.05) is 0 Å². The van der Waals surface area contributed by atoms with E-state index in [1.165, 1.54) is 42.5 Å². The molecule has 0 spiro atoms. The van der Waals surface area contributed by atoms with E-state index in [0.717, 1.165) is 24.7 Å². The predicted octanol–water partition coefficient (Wildman–Crippen LogP) is 3.41. The summed E-state index contributed by atoms with van der Waals surface area (Å²) in [6.07, 6.45) is 5.38. The maximum absolute atomic E-state index is 3.66. The zero-order chi connectivity index (χ0) is 13.4. The fourth-order valence-electron chi connectivity index (χ4n) is 4.02. The molecule has 2 unspecified atom stereocenters. The number of rotatable bonds is 3. The molecule has 0 aliphatic carbocycles. The third-order valence-corrected chi connectivity index (χ3v) is 4.87. The number of hydrogen-bond acceptors (Lipinski definition) is 2. The van der Waals surface area contributed by atoms with Gasteiger partial charge >= 0.3 is 0 Å². The van der Waals surface area contributed by atoms with Gasteiger partial charge < -0.3 is 10.2 Å². The number of nitrogens with zero attached hydrogens (tertiary/aromatic N) is 1. The van der Waals surface area contributed by atoms with Crippen molar-refractivity contribution in [3.8, 4) is 0 Å². The Morgan fingerprint density at radius 3 is 2.47 bits per heavy atom. The first-order chi connectivity index (χ1) is 9.19. The second-order valence-electron chi connectivity index (χ2n) is 6.31. The molecule has 3 rings (SSSR count). The third kappa shape index (κ3) is 2.38. The topological polar surface area (TPSA) is 15.3 Å². The molecule has 104 valence electrons. The molecular weight excluding hydrogens is 232 g/mol. The van der Waals surface area contributed by atoms with E-state index < -0.39 is 0 Å². The van der Waals surface area contributed by atoms with E-state index in [-0.39, 0.29) is 0 Å². The van der Waals surface area contributed by atoms with Crippen molar-refractivity contribution in [2.24, 2.45) is 0 Å². The molecule has 0 aromatic heterocycles. The molecule has 2 aliphatic heterocycles. The number of anilines is 1. The number of benzene rings is 1. The molecule has 0 saturated carbocycles. The van der Waals surface area contributed by atoms with Crippen LogP contribution in [0.2, 0.25) is 0 Å². The molecule has 2 bridgehead atoms. The van der Waals surface area contributed by atoms with Gasteiger partial charge in [-0.25, -0.2) is 0 Å². The lowest BCUT2D eigenvalue weighted by Crippen LogP contribution is -2.49. The highest BCUT2D eigenvalue weighted by molar-refractivity contribution is 5.57. The molecule has 1 N–H and O–H groups in total. The van der Waals surface area contributed by atoms with E-state index in [1.54, 1.807) is 0 Å². The highest BCUT2D eigenvalue weighted by atomic mass is 15.2. The summed E-state index contributed by atoms with van der Waals surface area (Å²) < 4.78 is 0. The minimum absolute atomic E-state index is 0.740. The fourth-order valence-corrected chi connectivity index (χ4v) is 4.02. The van der Waals surface area contributed by atoms with Gasteiger partial charge in [0.05, 0.1) is 0 Å². The van der Waals surface area contributed by atoms with Crippen LogP contribution in [0.15, 0.2) is 18.2 Å². The van der Waals surface area contributed by atoms with Gasteiger partial charge in [0.15, 0.2) is 0 Å². The number of fused-ring (bicyclic) bond motifs is 2. The molecule has 2 heterocycles. The van der Waals surface area contributed by atoms with Crippen LogP contribution in [0.3, 0.4) is 0 Å². The highest BCUT2D eigenvalue weighted by Crippen LogP contribution is 2.40. The molecule has 2 heteroatoms. The second kappa shape index (κ2) is 5.16. The van der Waals surface area contributed by atoms with Crippen LogP contribution >= 0.6 is 0 Å². The van der Waals surface area contributed by atoms with Crippen molar-refractivity contribution in [3.05, 3.63) is 29.3 Å². The van der Waals surface area contributed by atoms with Crippen LogP contribution in [0.4, 0.5) is 5.69 Å². The van der Waals surface area contributed by atoms with Crippen LogP contribution in [0, 0.1) is 13.8 Å². The van der Waals surface area contributed by atoms with E-state index in [9.17, 15) is 0 Å². The van der Waals surface area contributed by atoms with Crippen LogP contribution in [0.25, 0.3) is 0 Å². The SMILES string of the molecule is CCNC1CC2CCC(C1)N2c1cc(C)ccc1C. The summed E-state index contributed by atoms with van der Waals surface area (Å²) in [4.78, 5) is 2.73. The average molecular weight is 258 g/mol. The number of nitrogens with one attached hydrogen (secondary N) is 1. The van der Waals surface area contributed by atoms with Crippen LogP contribution in [0.5, 0.6) is 0 Å². The lowest BCUT2D eigenvalue weighted by atomic mass is 9.95. The molecular formula is C17H26N2. The monoisotopic (exact) mass is 258 g/mol. The van der Waals surface area contributed by atoms with Crippen LogP contribution in [-0.4, -0.2) is 24.7 Å². The van der Waals surface area contributed by atoms with Gasteiger partial charge in [0.1, 0.15) is 0 Å². The van der Waals surface area contributed by atoms with Crippen LogP contribution < -0.4 is 10.2 Å². The maximum atomic E-state index is 3.66. The summed E-state index contributed by atoms with van der Waals surface area (Å²) in [6.45, 7) is 7.79. The smallest absolute Gasteiger partial charge is 0.0403 e. The largest absolute Gasteiger partial charge is 0.365 e. The Balaban J connectivity index is 1.85.